The zero-order valence-electron chi connectivity index (χ0n) is 10.8. The summed E-state index contributed by atoms with van der Waals surface area (Å²) in [6.45, 7) is 0.298. The van der Waals surface area contributed by atoms with Gasteiger partial charge in [0.15, 0.2) is 0 Å². The Morgan fingerprint density at radius 2 is 1.70 bits per heavy atom. The second-order valence-corrected chi connectivity index (χ2v) is 7.64. The minimum atomic E-state index is -3.52. The van der Waals surface area contributed by atoms with Crippen molar-refractivity contribution in [3.63, 3.8) is 0 Å². The molecule has 0 fully saturated rings. The van der Waals surface area contributed by atoms with Crippen LogP contribution in [0.15, 0.2) is 57.9 Å². The fraction of sp³-hybridized carbons (Fsp3) is 0.143. The average Bonchev–Trinajstić information content (AvgIpc) is 2.41. The number of sulfonamides is 1. The normalized spacial score (nSPS) is 11.8. The van der Waals surface area contributed by atoms with E-state index in [2.05, 4.69) is 15.9 Å². The third-order valence-electron chi connectivity index (χ3n) is 2.87. The third kappa shape index (κ3) is 3.41. The summed E-state index contributed by atoms with van der Waals surface area (Å²) in [5, 5.41) is 0.511. The SMILES string of the molecule is CN(Cc1ccccc1Br)S(=O)(=O)c1ccc(Cl)cc1. The van der Waals surface area contributed by atoms with Gasteiger partial charge < -0.3 is 0 Å². The summed E-state index contributed by atoms with van der Waals surface area (Å²) in [6, 6.07) is 13.7. The van der Waals surface area contributed by atoms with Gasteiger partial charge >= 0.3 is 0 Å². The lowest BCUT2D eigenvalue weighted by Gasteiger charge is -2.18. The first-order valence-corrected chi connectivity index (χ1v) is 8.47. The van der Waals surface area contributed by atoms with Crippen LogP contribution in [0.3, 0.4) is 0 Å². The fourth-order valence-corrected chi connectivity index (χ4v) is 3.42. The Balaban J connectivity index is 2.26. The predicted molar refractivity (Wildman–Crippen MR) is 84.2 cm³/mol. The van der Waals surface area contributed by atoms with Crippen LogP contribution in [0.4, 0.5) is 0 Å². The molecule has 2 rings (SSSR count). The fourth-order valence-electron chi connectivity index (χ4n) is 1.74. The van der Waals surface area contributed by atoms with Crippen LogP contribution < -0.4 is 0 Å². The molecule has 20 heavy (non-hydrogen) atoms. The molecule has 0 N–H and O–H groups in total. The van der Waals surface area contributed by atoms with E-state index < -0.39 is 10.0 Å². The molecule has 0 bridgehead atoms. The predicted octanol–water partition coefficient (Wildman–Crippen LogP) is 3.92. The highest BCUT2D eigenvalue weighted by molar-refractivity contribution is 9.10. The van der Waals surface area contributed by atoms with Crippen LogP contribution in [0.25, 0.3) is 0 Å². The van der Waals surface area contributed by atoms with E-state index in [1.54, 1.807) is 19.2 Å². The summed E-state index contributed by atoms with van der Waals surface area (Å²) in [4.78, 5) is 0.233. The number of benzene rings is 2. The molecule has 0 aliphatic rings. The van der Waals surface area contributed by atoms with Crippen LogP contribution in [0.2, 0.25) is 5.02 Å². The van der Waals surface area contributed by atoms with E-state index >= 15 is 0 Å². The number of hydrogen-bond acceptors (Lipinski definition) is 2. The number of rotatable bonds is 4. The van der Waals surface area contributed by atoms with Crippen LogP contribution in [0, 0.1) is 0 Å². The highest BCUT2D eigenvalue weighted by Gasteiger charge is 2.21. The molecule has 0 spiro atoms. The van der Waals surface area contributed by atoms with Crippen LogP contribution in [-0.4, -0.2) is 19.8 Å². The second kappa shape index (κ2) is 6.26. The summed E-state index contributed by atoms with van der Waals surface area (Å²) in [7, 11) is -1.96. The van der Waals surface area contributed by atoms with Crippen molar-refractivity contribution in [3.05, 3.63) is 63.6 Å². The summed E-state index contributed by atoms with van der Waals surface area (Å²) in [5.41, 5.74) is 0.910. The van der Waals surface area contributed by atoms with E-state index in [0.29, 0.717) is 11.6 Å². The van der Waals surface area contributed by atoms with Crippen LogP contribution >= 0.6 is 27.5 Å². The van der Waals surface area contributed by atoms with Crippen molar-refractivity contribution in [3.8, 4) is 0 Å². The highest BCUT2D eigenvalue weighted by Crippen LogP contribution is 2.22. The van der Waals surface area contributed by atoms with Crippen molar-refractivity contribution >= 4 is 37.6 Å². The minimum absolute atomic E-state index is 0.233. The molecule has 0 saturated carbocycles. The Hall–Kier alpha value is -0.880. The molecule has 0 saturated heterocycles. The number of nitrogens with zero attached hydrogens (tertiary/aromatic N) is 1. The third-order valence-corrected chi connectivity index (χ3v) is 5.72. The van der Waals surface area contributed by atoms with Gasteiger partial charge in [0.1, 0.15) is 0 Å². The number of hydrogen-bond donors (Lipinski definition) is 0. The standard InChI is InChI=1S/C14H13BrClNO2S/c1-17(10-11-4-2-3-5-14(11)15)20(18,19)13-8-6-12(16)7-9-13/h2-9H,10H2,1H3. The van der Waals surface area contributed by atoms with Gasteiger partial charge in [-0.1, -0.05) is 45.7 Å². The summed E-state index contributed by atoms with van der Waals surface area (Å²) in [5.74, 6) is 0. The summed E-state index contributed by atoms with van der Waals surface area (Å²) >= 11 is 9.20. The topological polar surface area (TPSA) is 37.4 Å². The molecule has 3 nitrogen and oxygen atoms in total. The largest absolute Gasteiger partial charge is 0.243 e. The zero-order chi connectivity index (χ0) is 14.8. The van der Waals surface area contributed by atoms with Crippen LogP contribution in [-0.2, 0) is 16.6 Å². The Morgan fingerprint density at radius 3 is 2.30 bits per heavy atom. The van der Waals surface area contributed by atoms with Gasteiger partial charge in [0.05, 0.1) is 4.90 Å². The van der Waals surface area contributed by atoms with E-state index in [4.69, 9.17) is 11.6 Å². The maximum absolute atomic E-state index is 12.4. The molecule has 0 atom stereocenters. The highest BCUT2D eigenvalue weighted by atomic mass is 79.9. The van der Waals surface area contributed by atoms with Crippen molar-refractivity contribution in [1.29, 1.82) is 0 Å². The molecule has 0 aliphatic carbocycles. The lowest BCUT2D eigenvalue weighted by Crippen LogP contribution is -2.26. The Kier molecular flexibility index (Phi) is 4.86. The molecule has 0 aromatic heterocycles. The first kappa shape index (κ1) is 15.5. The molecule has 0 radical (unpaired) electrons. The van der Waals surface area contributed by atoms with Crippen molar-refractivity contribution in [2.75, 3.05) is 7.05 Å². The van der Waals surface area contributed by atoms with Gasteiger partial charge in [0.25, 0.3) is 0 Å². The summed E-state index contributed by atoms with van der Waals surface area (Å²) in [6.07, 6.45) is 0. The number of halogens is 2. The maximum Gasteiger partial charge on any atom is 0.243 e. The monoisotopic (exact) mass is 373 g/mol. The molecular weight excluding hydrogens is 362 g/mol. The maximum atomic E-state index is 12.4. The first-order chi connectivity index (χ1) is 9.41. The van der Waals surface area contributed by atoms with Crippen LogP contribution in [0.1, 0.15) is 5.56 Å². The Labute approximate surface area is 132 Å². The Bertz CT molecular complexity index is 701. The van der Waals surface area contributed by atoms with E-state index in [1.807, 2.05) is 24.3 Å². The van der Waals surface area contributed by atoms with E-state index in [9.17, 15) is 8.42 Å². The molecule has 106 valence electrons. The van der Waals surface area contributed by atoms with Crippen molar-refractivity contribution in [2.24, 2.45) is 0 Å². The molecule has 0 aliphatic heterocycles. The lowest BCUT2D eigenvalue weighted by atomic mass is 10.2. The molecule has 0 unspecified atom stereocenters. The van der Waals surface area contributed by atoms with Crippen molar-refractivity contribution < 1.29 is 8.42 Å². The smallest absolute Gasteiger partial charge is 0.207 e. The van der Waals surface area contributed by atoms with E-state index in [1.165, 1.54) is 16.4 Å². The molecule has 2 aromatic rings. The average molecular weight is 375 g/mol. The quantitative estimate of drug-likeness (QED) is 0.813. The van der Waals surface area contributed by atoms with Crippen molar-refractivity contribution in [2.45, 2.75) is 11.4 Å². The summed E-state index contributed by atoms with van der Waals surface area (Å²) < 4.78 is 27.1. The lowest BCUT2D eigenvalue weighted by molar-refractivity contribution is 0.466. The van der Waals surface area contributed by atoms with Gasteiger partial charge in [-0.05, 0) is 35.9 Å². The minimum Gasteiger partial charge on any atom is -0.207 e. The molecule has 2 aromatic carbocycles. The molecule has 6 heteroatoms. The van der Waals surface area contributed by atoms with E-state index in [-0.39, 0.29) is 4.90 Å². The van der Waals surface area contributed by atoms with Crippen molar-refractivity contribution in [1.82, 2.24) is 4.31 Å². The second-order valence-electron chi connectivity index (χ2n) is 4.31. The van der Waals surface area contributed by atoms with Crippen LogP contribution in [0.5, 0.6) is 0 Å². The Morgan fingerprint density at radius 1 is 1.10 bits per heavy atom. The van der Waals surface area contributed by atoms with Gasteiger partial charge in [-0.3, -0.25) is 0 Å². The van der Waals surface area contributed by atoms with E-state index in [0.717, 1.165) is 10.0 Å². The van der Waals surface area contributed by atoms with Gasteiger partial charge in [-0.25, -0.2) is 8.42 Å². The first-order valence-electron chi connectivity index (χ1n) is 5.86. The molecular formula is C14H13BrClNO2S. The zero-order valence-corrected chi connectivity index (χ0v) is 13.9. The van der Waals surface area contributed by atoms with Gasteiger partial charge in [0, 0.05) is 23.1 Å². The molecule has 0 amide bonds. The van der Waals surface area contributed by atoms with Gasteiger partial charge in [-0.15, -0.1) is 0 Å². The van der Waals surface area contributed by atoms with Gasteiger partial charge in [0.2, 0.25) is 10.0 Å². The molecule has 0 heterocycles. The van der Waals surface area contributed by atoms with Gasteiger partial charge in [-0.2, -0.15) is 4.31 Å².